The van der Waals surface area contributed by atoms with Gasteiger partial charge in [0.1, 0.15) is 17.3 Å². The molecule has 1 heterocycles. The molecule has 1 aromatic heterocycles. The van der Waals surface area contributed by atoms with Gasteiger partial charge in [0.25, 0.3) is 0 Å². The van der Waals surface area contributed by atoms with Crippen molar-refractivity contribution in [2.24, 2.45) is 0 Å². The molecule has 0 radical (unpaired) electrons. The normalized spacial score (nSPS) is 11.7. The van der Waals surface area contributed by atoms with Gasteiger partial charge in [-0.3, -0.25) is 8.98 Å². The van der Waals surface area contributed by atoms with Gasteiger partial charge in [-0.2, -0.15) is 8.42 Å². The van der Waals surface area contributed by atoms with Crippen LogP contribution in [0.2, 0.25) is 0 Å². The standard InChI is InChI=1S/C13H20O6S/c1-11-8-9-13(19-11)7-3-5-12(14)6-4-10-18-20(15,16)17-2/h8-9H,3-7,10H2,1-2H3. The molecule has 0 aliphatic carbocycles. The lowest BCUT2D eigenvalue weighted by Gasteiger charge is -2.02. The van der Waals surface area contributed by atoms with E-state index in [1.54, 1.807) is 0 Å². The highest BCUT2D eigenvalue weighted by Gasteiger charge is 2.09. The van der Waals surface area contributed by atoms with Crippen molar-refractivity contribution in [2.75, 3.05) is 13.7 Å². The number of hydrogen-bond acceptors (Lipinski definition) is 6. The van der Waals surface area contributed by atoms with Crippen LogP contribution in [0, 0.1) is 6.92 Å². The molecule has 6 nitrogen and oxygen atoms in total. The summed E-state index contributed by atoms with van der Waals surface area (Å²) in [5.41, 5.74) is 0. The van der Waals surface area contributed by atoms with E-state index >= 15 is 0 Å². The molecular weight excluding hydrogens is 284 g/mol. The van der Waals surface area contributed by atoms with Gasteiger partial charge in [-0.15, -0.1) is 0 Å². The molecule has 1 aromatic rings. The molecule has 114 valence electrons. The lowest BCUT2D eigenvalue weighted by Crippen LogP contribution is -2.09. The third kappa shape index (κ3) is 6.83. The average molecular weight is 304 g/mol. The summed E-state index contributed by atoms with van der Waals surface area (Å²) >= 11 is 0. The Morgan fingerprint density at radius 1 is 1.25 bits per heavy atom. The minimum Gasteiger partial charge on any atom is -0.466 e. The van der Waals surface area contributed by atoms with Crippen LogP contribution in [0.1, 0.15) is 37.2 Å². The fourth-order valence-electron chi connectivity index (χ4n) is 1.68. The lowest BCUT2D eigenvalue weighted by molar-refractivity contribution is -0.119. The summed E-state index contributed by atoms with van der Waals surface area (Å²) in [6.07, 6.45) is 2.58. The topological polar surface area (TPSA) is 82.8 Å². The largest absolute Gasteiger partial charge is 0.466 e. The van der Waals surface area contributed by atoms with Gasteiger partial charge >= 0.3 is 10.4 Å². The Balaban J connectivity index is 2.09. The van der Waals surface area contributed by atoms with E-state index in [4.69, 9.17) is 4.42 Å². The maximum atomic E-state index is 11.6. The Morgan fingerprint density at radius 2 is 1.95 bits per heavy atom. The molecule has 0 amide bonds. The molecule has 1 rings (SSSR count). The first-order valence-electron chi connectivity index (χ1n) is 6.45. The SMILES string of the molecule is COS(=O)(=O)OCCCC(=O)CCCc1ccc(C)o1. The fourth-order valence-corrected chi connectivity index (χ4v) is 2.10. The van der Waals surface area contributed by atoms with Gasteiger partial charge in [0.05, 0.1) is 13.7 Å². The first-order valence-corrected chi connectivity index (χ1v) is 7.78. The van der Waals surface area contributed by atoms with E-state index in [0.29, 0.717) is 19.3 Å². The number of furan rings is 1. The number of carbonyl (C=O) groups excluding carboxylic acids is 1. The van der Waals surface area contributed by atoms with E-state index < -0.39 is 10.4 Å². The number of ketones is 1. The van der Waals surface area contributed by atoms with Crippen LogP contribution in [0.5, 0.6) is 0 Å². The summed E-state index contributed by atoms with van der Waals surface area (Å²) in [6, 6.07) is 3.80. The van der Waals surface area contributed by atoms with Crippen LogP contribution in [-0.2, 0) is 30.0 Å². The lowest BCUT2D eigenvalue weighted by atomic mass is 10.1. The summed E-state index contributed by atoms with van der Waals surface area (Å²) in [6.45, 7) is 1.84. The summed E-state index contributed by atoms with van der Waals surface area (Å²) < 4.78 is 35.7. The van der Waals surface area contributed by atoms with E-state index in [1.807, 2.05) is 19.1 Å². The van der Waals surface area contributed by atoms with E-state index in [9.17, 15) is 13.2 Å². The molecule has 0 atom stereocenters. The molecule has 0 N–H and O–H groups in total. The first-order chi connectivity index (χ1) is 9.43. The van der Waals surface area contributed by atoms with Gasteiger partial charge in [0.2, 0.25) is 0 Å². The quantitative estimate of drug-likeness (QED) is 0.616. The zero-order chi connectivity index (χ0) is 15.0. The molecule has 0 aliphatic heterocycles. The molecular formula is C13H20O6S. The second-order valence-electron chi connectivity index (χ2n) is 4.41. The Kier molecular flexibility index (Phi) is 6.90. The van der Waals surface area contributed by atoms with Gasteiger partial charge in [0.15, 0.2) is 0 Å². The van der Waals surface area contributed by atoms with Gasteiger partial charge < -0.3 is 4.42 Å². The number of rotatable bonds is 10. The van der Waals surface area contributed by atoms with Crippen LogP contribution in [0.3, 0.4) is 0 Å². The van der Waals surface area contributed by atoms with Crippen molar-refractivity contribution in [2.45, 2.75) is 39.0 Å². The zero-order valence-corrected chi connectivity index (χ0v) is 12.6. The first kappa shape index (κ1) is 16.9. The van der Waals surface area contributed by atoms with Crippen LogP contribution in [0.25, 0.3) is 0 Å². The smallest absolute Gasteiger partial charge is 0.399 e. The van der Waals surface area contributed by atoms with Crippen molar-refractivity contribution >= 4 is 16.2 Å². The van der Waals surface area contributed by atoms with Crippen LogP contribution in [0.4, 0.5) is 0 Å². The van der Waals surface area contributed by atoms with Gasteiger partial charge in [-0.05, 0) is 31.9 Å². The monoisotopic (exact) mass is 304 g/mol. The van der Waals surface area contributed by atoms with Crippen LogP contribution in [0.15, 0.2) is 16.5 Å². The third-order valence-corrected chi connectivity index (χ3v) is 3.57. The predicted molar refractivity (Wildman–Crippen MR) is 72.5 cm³/mol. The highest BCUT2D eigenvalue weighted by molar-refractivity contribution is 7.81. The summed E-state index contributed by atoms with van der Waals surface area (Å²) in [5.74, 6) is 1.83. The third-order valence-electron chi connectivity index (χ3n) is 2.71. The number of Topliss-reactive ketones (excluding diaryl/α,β-unsaturated/α-hetero) is 1. The highest BCUT2D eigenvalue weighted by Crippen LogP contribution is 2.10. The van der Waals surface area contributed by atoms with E-state index in [0.717, 1.165) is 31.5 Å². The number of aryl methyl sites for hydroxylation is 2. The number of hydrogen-bond donors (Lipinski definition) is 0. The molecule has 0 aliphatic rings. The van der Waals surface area contributed by atoms with Crippen molar-refractivity contribution in [3.05, 3.63) is 23.7 Å². The van der Waals surface area contributed by atoms with Crippen molar-refractivity contribution < 1.29 is 26.0 Å². The molecule has 7 heteroatoms. The summed E-state index contributed by atoms with van der Waals surface area (Å²) in [5, 5.41) is 0. The van der Waals surface area contributed by atoms with Crippen molar-refractivity contribution in [3.63, 3.8) is 0 Å². The Hall–Kier alpha value is -1.18. The maximum Gasteiger partial charge on any atom is 0.399 e. The molecule has 0 unspecified atom stereocenters. The minimum absolute atomic E-state index is 0.0424. The number of carbonyl (C=O) groups is 1. The maximum absolute atomic E-state index is 11.6. The second kappa shape index (κ2) is 8.18. The van der Waals surface area contributed by atoms with Crippen LogP contribution < -0.4 is 0 Å². The van der Waals surface area contributed by atoms with Gasteiger partial charge in [-0.25, -0.2) is 4.18 Å². The van der Waals surface area contributed by atoms with Gasteiger partial charge in [0, 0.05) is 19.3 Å². The fraction of sp³-hybridized carbons (Fsp3) is 0.615. The van der Waals surface area contributed by atoms with Crippen LogP contribution >= 0.6 is 0 Å². The Morgan fingerprint density at radius 3 is 2.55 bits per heavy atom. The molecule has 0 fully saturated rings. The second-order valence-corrected chi connectivity index (χ2v) is 5.79. The molecule has 0 aromatic carbocycles. The van der Waals surface area contributed by atoms with Crippen molar-refractivity contribution in [3.8, 4) is 0 Å². The Bertz CT molecular complexity index is 517. The molecule has 0 bridgehead atoms. The van der Waals surface area contributed by atoms with E-state index in [-0.39, 0.29) is 12.4 Å². The predicted octanol–water partition coefficient (Wildman–Crippen LogP) is 2.17. The van der Waals surface area contributed by atoms with Gasteiger partial charge in [-0.1, -0.05) is 0 Å². The highest BCUT2D eigenvalue weighted by atomic mass is 32.3. The van der Waals surface area contributed by atoms with Crippen molar-refractivity contribution in [1.29, 1.82) is 0 Å². The molecule has 0 spiro atoms. The Labute approximate surface area is 119 Å². The minimum atomic E-state index is -3.89. The summed E-state index contributed by atoms with van der Waals surface area (Å²) in [4.78, 5) is 11.6. The van der Waals surface area contributed by atoms with Crippen molar-refractivity contribution in [1.82, 2.24) is 0 Å². The van der Waals surface area contributed by atoms with Crippen LogP contribution in [-0.4, -0.2) is 27.9 Å². The zero-order valence-electron chi connectivity index (χ0n) is 11.8. The molecule has 20 heavy (non-hydrogen) atoms. The molecule has 0 saturated heterocycles. The van der Waals surface area contributed by atoms with E-state index in [2.05, 4.69) is 8.37 Å². The average Bonchev–Trinajstić information content (AvgIpc) is 2.80. The summed E-state index contributed by atoms with van der Waals surface area (Å²) in [7, 11) is -2.87. The molecule has 0 saturated carbocycles. The van der Waals surface area contributed by atoms with E-state index in [1.165, 1.54) is 0 Å².